The molecule has 0 radical (unpaired) electrons. The first-order valence-electron chi connectivity index (χ1n) is 9.96. The molecule has 0 atom stereocenters. The first-order chi connectivity index (χ1) is 16.7. The molecule has 7 nitrogen and oxygen atoms in total. The minimum atomic E-state index is -3.94. The maximum atomic E-state index is 12.8. The summed E-state index contributed by atoms with van der Waals surface area (Å²) >= 11 is 18.5. The summed E-state index contributed by atoms with van der Waals surface area (Å²) in [6.45, 7) is -0.260. The maximum Gasteiger partial charge on any atom is 0.240 e. The predicted octanol–water partition coefficient (Wildman–Crippen LogP) is 5.72. The first-order valence-corrected chi connectivity index (χ1v) is 12.6. The number of aromatic nitrogens is 2. The van der Waals surface area contributed by atoms with Gasteiger partial charge in [-0.05, 0) is 54.6 Å². The largest absolute Gasteiger partial charge is 0.240 e. The van der Waals surface area contributed by atoms with Crippen LogP contribution in [0.5, 0.6) is 0 Å². The van der Waals surface area contributed by atoms with Gasteiger partial charge in [0.2, 0.25) is 10.0 Å². The minimum Gasteiger partial charge on any atom is -0.230 e. The van der Waals surface area contributed by atoms with Crippen LogP contribution < -0.4 is 4.72 Å². The molecule has 0 unspecified atom stereocenters. The van der Waals surface area contributed by atoms with E-state index in [1.807, 2.05) is 6.07 Å². The summed E-state index contributed by atoms with van der Waals surface area (Å²) in [5.41, 5.74) is 2.20. The molecule has 3 aromatic carbocycles. The number of nitrogens with one attached hydrogen (secondary N) is 1. The van der Waals surface area contributed by atoms with Gasteiger partial charge in [-0.15, -0.1) is 0 Å². The van der Waals surface area contributed by atoms with Gasteiger partial charge in [0.05, 0.1) is 45.2 Å². The fourth-order valence-electron chi connectivity index (χ4n) is 3.36. The van der Waals surface area contributed by atoms with E-state index in [2.05, 4.69) is 15.9 Å². The average molecular weight is 543 g/mol. The van der Waals surface area contributed by atoms with E-state index < -0.39 is 10.0 Å². The zero-order chi connectivity index (χ0) is 25.2. The van der Waals surface area contributed by atoms with Gasteiger partial charge in [0.15, 0.2) is 0 Å². The molecule has 0 spiro atoms. The van der Waals surface area contributed by atoms with Gasteiger partial charge < -0.3 is 0 Å². The van der Waals surface area contributed by atoms with Crippen molar-refractivity contribution in [1.82, 2.24) is 14.5 Å². The van der Waals surface area contributed by atoms with Gasteiger partial charge in [0.25, 0.3) is 0 Å². The van der Waals surface area contributed by atoms with Crippen molar-refractivity contribution < 1.29 is 8.42 Å². The molecule has 0 bridgehead atoms. The van der Waals surface area contributed by atoms with E-state index in [0.29, 0.717) is 37.6 Å². The Morgan fingerprint density at radius 3 is 2.14 bits per heavy atom. The fourth-order valence-corrected chi connectivity index (χ4v) is 4.96. The van der Waals surface area contributed by atoms with E-state index in [-0.39, 0.29) is 22.7 Å². The van der Waals surface area contributed by atoms with Gasteiger partial charge >= 0.3 is 0 Å². The summed E-state index contributed by atoms with van der Waals surface area (Å²) in [6.07, 6.45) is 0. The van der Waals surface area contributed by atoms with Gasteiger partial charge in [-0.3, -0.25) is 0 Å². The van der Waals surface area contributed by atoms with Gasteiger partial charge in [-0.2, -0.15) is 15.6 Å². The Labute approximate surface area is 216 Å². The SMILES string of the molecule is N#Cc1ccc(S(=O)(=O)NCc2nn(-c3ccc(Cl)cc3Cl)c(-c3ccc(Cl)cc3)c2C#N)cc1. The van der Waals surface area contributed by atoms with Crippen molar-refractivity contribution in [2.75, 3.05) is 0 Å². The molecule has 0 aliphatic heterocycles. The Morgan fingerprint density at radius 2 is 1.54 bits per heavy atom. The molecule has 4 rings (SSSR count). The van der Waals surface area contributed by atoms with E-state index in [1.165, 1.54) is 28.9 Å². The average Bonchev–Trinajstić information content (AvgIpc) is 3.21. The van der Waals surface area contributed by atoms with Crippen molar-refractivity contribution in [1.29, 1.82) is 10.5 Å². The number of sulfonamides is 1. The van der Waals surface area contributed by atoms with Crippen LogP contribution in [0.15, 0.2) is 71.6 Å². The first kappa shape index (κ1) is 24.7. The third kappa shape index (κ3) is 5.18. The van der Waals surface area contributed by atoms with Crippen LogP contribution >= 0.6 is 34.8 Å². The lowest BCUT2D eigenvalue weighted by Crippen LogP contribution is -2.24. The summed E-state index contributed by atoms with van der Waals surface area (Å²) < 4.78 is 29.6. The molecule has 4 aromatic rings. The molecule has 0 saturated carbocycles. The topological polar surface area (TPSA) is 112 Å². The molecule has 1 N–H and O–H groups in total. The van der Waals surface area contributed by atoms with E-state index in [4.69, 9.17) is 40.1 Å². The summed E-state index contributed by atoms with van der Waals surface area (Å²) in [7, 11) is -3.94. The lowest BCUT2D eigenvalue weighted by Gasteiger charge is -2.10. The number of hydrogen-bond donors (Lipinski definition) is 1. The normalized spacial score (nSPS) is 11.1. The van der Waals surface area contributed by atoms with Crippen molar-refractivity contribution in [3.63, 3.8) is 0 Å². The molecule has 1 aromatic heterocycles. The number of nitriles is 2. The molecule has 11 heteroatoms. The maximum absolute atomic E-state index is 12.8. The second-order valence-corrected chi connectivity index (χ2v) is 10.3. The minimum absolute atomic E-state index is 0.0203. The monoisotopic (exact) mass is 541 g/mol. The Hall–Kier alpha value is -3.37. The molecule has 0 amide bonds. The molecule has 0 aliphatic carbocycles. The molecular formula is C24H14Cl3N5O2S. The summed E-state index contributed by atoms with van der Waals surface area (Å²) in [5.74, 6) is 0. The van der Waals surface area contributed by atoms with Crippen LogP contribution in [-0.2, 0) is 16.6 Å². The highest BCUT2D eigenvalue weighted by Crippen LogP contribution is 2.33. The highest BCUT2D eigenvalue weighted by atomic mass is 35.5. The Bertz CT molecular complexity index is 1600. The van der Waals surface area contributed by atoms with E-state index in [9.17, 15) is 13.7 Å². The Balaban J connectivity index is 1.79. The van der Waals surface area contributed by atoms with Gasteiger partial charge in [-0.25, -0.2) is 17.8 Å². The third-order valence-corrected chi connectivity index (χ3v) is 7.26. The molecule has 0 fully saturated rings. The second kappa shape index (κ2) is 10.1. The van der Waals surface area contributed by atoms with Crippen LogP contribution in [0.3, 0.4) is 0 Å². The van der Waals surface area contributed by atoms with Crippen LogP contribution in [0.25, 0.3) is 16.9 Å². The zero-order valence-corrected chi connectivity index (χ0v) is 20.8. The lowest BCUT2D eigenvalue weighted by atomic mass is 10.1. The Morgan fingerprint density at radius 1 is 0.886 bits per heavy atom. The zero-order valence-electron chi connectivity index (χ0n) is 17.7. The van der Waals surface area contributed by atoms with E-state index >= 15 is 0 Å². The van der Waals surface area contributed by atoms with E-state index in [1.54, 1.807) is 42.5 Å². The fraction of sp³-hybridized carbons (Fsp3) is 0.0417. The van der Waals surface area contributed by atoms with Crippen LogP contribution in [0.1, 0.15) is 16.8 Å². The number of nitrogens with zero attached hydrogens (tertiary/aromatic N) is 4. The summed E-state index contributed by atoms with van der Waals surface area (Å²) in [6, 6.07) is 21.2. The van der Waals surface area contributed by atoms with E-state index in [0.717, 1.165) is 0 Å². The lowest BCUT2D eigenvalue weighted by molar-refractivity contribution is 0.580. The van der Waals surface area contributed by atoms with Crippen molar-refractivity contribution >= 4 is 44.8 Å². The Kier molecular flexibility index (Phi) is 7.13. The van der Waals surface area contributed by atoms with Gasteiger partial charge in [0, 0.05) is 15.6 Å². The van der Waals surface area contributed by atoms with Gasteiger partial charge in [0.1, 0.15) is 11.6 Å². The van der Waals surface area contributed by atoms with Crippen molar-refractivity contribution in [2.45, 2.75) is 11.4 Å². The summed E-state index contributed by atoms with van der Waals surface area (Å²) in [5, 5.41) is 24.7. The van der Waals surface area contributed by atoms with Crippen LogP contribution in [-0.4, -0.2) is 18.2 Å². The number of benzene rings is 3. The predicted molar refractivity (Wildman–Crippen MR) is 134 cm³/mol. The van der Waals surface area contributed by atoms with Crippen molar-refractivity contribution in [3.8, 4) is 29.1 Å². The third-order valence-electron chi connectivity index (χ3n) is 5.05. The van der Waals surface area contributed by atoms with Crippen molar-refractivity contribution in [3.05, 3.63) is 98.6 Å². The highest BCUT2D eigenvalue weighted by molar-refractivity contribution is 7.89. The smallest absolute Gasteiger partial charge is 0.230 e. The quantitative estimate of drug-likeness (QED) is 0.335. The van der Waals surface area contributed by atoms with Crippen LogP contribution in [0.4, 0.5) is 0 Å². The van der Waals surface area contributed by atoms with Crippen molar-refractivity contribution in [2.24, 2.45) is 0 Å². The number of hydrogen-bond acceptors (Lipinski definition) is 5. The summed E-state index contributed by atoms with van der Waals surface area (Å²) in [4.78, 5) is -0.0203. The molecule has 174 valence electrons. The standard InChI is InChI=1S/C24H14Cl3N5O2S/c25-17-5-3-16(4-6-17)24-20(13-29)22(31-32(24)23-10-7-18(26)11-21(23)27)14-30-35(33,34)19-8-1-15(12-28)2-9-19/h1-11,30H,14H2. The van der Waals surface area contributed by atoms with Crippen LogP contribution in [0, 0.1) is 22.7 Å². The molecule has 1 heterocycles. The molecule has 0 saturated heterocycles. The molecule has 0 aliphatic rings. The molecular weight excluding hydrogens is 529 g/mol. The number of rotatable bonds is 6. The highest BCUT2D eigenvalue weighted by Gasteiger charge is 2.23. The molecule has 35 heavy (non-hydrogen) atoms. The van der Waals surface area contributed by atoms with Crippen LogP contribution in [0.2, 0.25) is 15.1 Å². The second-order valence-electron chi connectivity index (χ2n) is 7.26. The number of halogens is 3. The van der Waals surface area contributed by atoms with Gasteiger partial charge in [-0.1, -0.05) is 46.9 Å².